The Hall–Kier alpha value is -0.665. The SMILES string of the molecule is [B]c1ccc(C2=CC=C(Br)CC2C(C)=S)cc1. The maximum Gasteiger partial charge on any atom is 0.113 e. The van der Waals surface area contributed by atoms with Gasteiger partial charge in [0.05, 0.1) is 0 Å². The van der Waals surface area contributed by atoms with Crippen LogP contribution >= 0.6 is 28.1 Å². The largest absolute Gasteiger partial charge is 0.113 e. The predicted octanol–water partition coefficient (Wildman–Crippen LogP) is 3.55. The van der Waals surface area contributed by atoms with Crippen molar-refractivity contribution in [3.63, 3.8) is 0 Å². The molecule has 0 spiro atoms. The maximum absolute atomic E-state index is 5.71. The lowest BCUT2D eigenvalue weighted by molar-refractivity contribution is 0.892. The first-order valence-corrected chi connectivity index (χ1v) is 6.70. The fourth-order valence-corrected chi connectivity index (χ4v) is 2.67. The summed E-state index contributed by atoms with van der Waals surface area (Å²) in [4.78, 5) is 1.03. The zero-order chi connectivity index (χ0) is 12.4. The van der Waals surface area contributed by atoms with Gasteiger partial charge in [0.15, 0.2) is 0 Å². The van der Waals surface area contributed by atoms with Gasteiger partial charge in [0.2, 0.25) is 0 Å². The molecule has 0 saturated carbocycles. The molecule has 0 bridgehead atoms. The van der Waals surface area contributed by atoms with Crippen LogP contribution in [0.3, 0.4) is 0 Å². The molecule has 1 aromatic rings. The highest BCUT2D eigenvalue weighted by Crippen LogP contribution is 2.35. The summed E-state index contributed by atoms with van der Waals surface area (Å²) in [5.41, 5.74) is 3.27. The van der Waals surface area contributed by atoms with Crippen LogP contribution in [0, 0.1) is 5.92 Å². The van der Waals surface area contributed by atoms with Crippen LogP contribution in [0.25, 0.3) is 5.57 Å². The molecule has 2 rings (SSSR count). The van der Waals surface area contributed by atoms with Gasteiger partial charge < -0.3 is 0 Å². The van der Waals surface area contributed by atoms with E-state index in [0.717, 1.165) is 16.7 Å². The molecular formula is C14H12BBrS. The van der Waals surface area contributed by atoms with Crippen molar-refractivity contribution in [2.75, 3.05) is 0 Å². The molecule has 0 heterocycles. The Bertz CT molecular complexity index is 499. The molecule has 1 unspecified atom stereocenters. The van der Waals surface area contributed by atoms with Crippen molar-refractivity contribution in [1.29, 1.82) is 0 Å². The van der Waals surface area contributed by atoms with Crippen molar-refractivity contribution in [3.8, 4) is 0 Å². The Labute approximate surface area is 117 Å². The van der Waals surface area contributed by atoms with Crippen LogP contribution in [0.1, 0.15) is 18.9 Å². The summed E-state index contributed by atoms with van der Waals surface area (Å²) in [6.07, 6.45) is 5.19. The lowest BCUT2D eigenvalue weighted by atomic mass is 9.83. The van der Waals surface area contributed by atoms with Crippen LogP contribution in [0.15, 0.2) is 40.9 Å². The lowest BCUT2D eigenvalue weighted by Gasteiger charge is -2.23. The second kappa shape index (κ2) is 5.32. The first kappa shape index (κ1) is 12.8. The van der Waals surface area contributed by atoms with Gasteiger partial charge >= 0.3 is 0 Å². The van der Waals surface area contributed by atoms with Crippen LogP contribution in [0.5, 0.6) is 0 Å². The highest BCUT2D eigenvalue weighted by atomic mass is 79.9. The molecule has 1 aromatic carbocycles. The van der Waals surface area contributed by atoms with E-state index >= 15 is 0 Å². The van der Waals surface area contributed by atoms with Crippen molar-refractivity contribution < 1.29 is 0 Å². The molecule has 3 heteroatoms. The number of hydrogen-bond donors (Lipinski definition) is 0. The van der Waals surface area contributed by atoms with E-state index < -0.39 is 0 Å². The van der Waals surface area contributed by atoms with Gasteiger partial charge in [-0.2, -0.15) is 0 Å². The molecule has 0 fully saturated rings. The van der Waals surface area contributed by atoms with E-state index in [9.17, 15) is 0 Å². The minimum atomic E-state index is 0.313. The molecule has 0 amide bonds. The van der Waals surface area contributed by atoms with Crippen LogP contribution in [0.2, 0.25) is 0 Å². The van der Waals surface area contributed by atoms with Crippen molar-refractivity contribution in [2.24, 2.45) is 5.92 Å². The van der Waals surface area contributed by atoms with Gasteiger partial charge in [-0.1, -0.05) is 70.0 Å². The highest BCUT2D eigenvalue weighted by molar-refractivity contribution is 9.11. The zero-order valence-electron chi connectivity index (χ0n) is 9.61. The zero-order valence-corrected chi connectivity index (χ0v) is 12.0. The van der Waals surface area contributed by atoms with Gasteiger partial charge in [0, 0.05) is 5.92 Å². The monoisotopic (exact) mass is 302 g/mol. The molecule has 1 atom stereocenters. The second-order valence-corrected chi connectivity index (χ2v) is 5.89. The Balaban J connectivity index is 2.40. The van der Waals surface area contributed by atoms with E-state index in [1.807, 2.05) is 19.1 Å². The van der Waals surface area contributed by atoms with Crippen LogP contribution in [0.4, 0.5) is 0 Å². The maximum atomic E-state index is 5.71. The first-order chi connectivity index (χ1) is 8.08. The third-order valence-electron chi connectivity index (χ3n) is 2.95. The van der Waals surface area contributed by atoms with E-state index in [0.29, 0.717) is 5.92 Å². The lowest BCUT2D eigenvalue weighted by Crippen LogP contribution is -2.14. The summed E-state index contributed by atoms with van der Waals surface area (Å²) in [7, 11) is 5.71. The third-order valence-corrected chi connectivity index (χ3v) is 3.83. The Morgan fingerprint density at radius 3 is 2.53 bits per heavy atom. The van der Waals surface area contributed by atoms with Gasteiger partial charge in [-0.25, -0.2) is 0 Å². The van der Waals surface area contributed by atoms with E-state index in [-0.39, 0.29) is 0 Å². The summed E-state index contributed by atoms with van der Waals surface area (Å²) in [5.74, 6) is 0.313. The molecular weight excluding hydrogens is 291 g/mol. The summed E-state index contributed by atoms with van der Waals surface area (Å²) < 4.78 is 1.20. The quantitative estimate of drug-likeness (QED) is 0.595. The molecule has 17 heavy (non-hydrogen) atoms. The number of rotatable bonds is 2. The van der Waals surface area contributed by atoms with E-state index in [4.69, 9.17) is 20.1 Å². The fraction of sp³-hybridized carbons (Fsp3) is 0.214. The summed E-state index contributed by atoms with van der Waals surface area (Å²) in [6, 6.07) is 7.97. The van der Waals surface area contributed by atoms with Gasteiger partial charge in [-0.15, -0.1) is 0 Å². The van der Waals surface area contributed by atoms with E-state index in [2.05, 4.69) is 40.2 Å². The number of hydrogen-bond acceptors (Lipinski definition) is 1. The average Bonchev–Trinajstić information content (AvgIpc) is 2.30. The van der Waals surface area contributed by atoms with Crippen molar-refractivity contribution in [2.45, 2.75) is 13.3 Å². The topological polar surface area (TPSA) is 0 Å². The Morgan fingerprint density at radius 2 is 1.94 bits per heavy atom. The average molecular weight is 303 g/mol. The number of allylic oxidation sites excluding steroid dienone is 4. The highest BCUT2D eigenvalue weighted by Gasteiger charge is 2.21. The summed E-state index contributed by atoms with van der Waals surface area (Å²) in [6.45, 7) is 2.01. The van der Waals surface area contributed by atoms with E-state index in [1.54, 1.807) is 0 Å². The van der Waals surface area contributed by atoms with Crippen molar-refractivity contribution in [3.05, 3.63) is 46.5 Å². The molecule has 1 aliphatic rings. The van der Waals surface area contributed by atoms with Gasteiger partial charge in [0.1, 0.15) is 7.85 Å². The standard InChI is InChI=1S/C14H12BBrS/c1-9(17)14-8-12(16)6-7-13(14)10-2-4-11(15)5-3-10/h2-7,14H,8H2,1H3. The molecule has 1 aliphatic carbocycles. The summed E-state index contributed by atoms with van der Waals surface area (Å²) >= 11 is 8.90. The molecule has 0 N–H and O–H groups in total. The van der Waals surface area contributed by atoms with Crippen LogP contribution in [-0.4, -0.2) is 12.7 Å². The summed E-state index contributed by atoms with van der Waals surface area (Å²) in [5, 5.41) is 0. The Morgan fingerprint density at radius 1 is 1.29 bits per heavy atom. The first-order valence-electron chi connectivity index (χ1n) is 5.50. The van der Waals surface area contributed by atoms with Crippen molar-refractivity contribution in [1.82, 2.24) is 0 Å². The minimum Gasteiger partial charge on any atom is -0.0966 e. The van der Waals surface area contributed by atoms with Crippen LogP contribution in [-0.2, 0) is 0 Å². The molecule has 0 nitrogen and oxygen atoms in total. The molecule has 84 valence electrons. The third kappa shape index (κ3) is 2.96. The molecule has 2 radical (unpaired) electrons. The number of halogens is 1. The molecule has 0 aliphatic heterocycles. The molecule has 0 aromatic heterocycles. The van der Waals surface area contributed by atoms with E-state index in [1.165, 1.54) is 15.6 Å². The number of benzene rings is 1. The van der Waals surface area contributed by atoms with Gasteiger partial charge in [-0.3, -0.25) is 0 Å². The van der Waals surface area contributed by atoms with Gasteiger partial charge in [0.25, 0.3) is 0 Å². The molecule has 0 saturated heterocycles. The minimum absolute atomic E-state index is 0.313. The predicted molar refractivity (Wildman–Crippen MR) is 83.2 cm³/mol. The van der Waals surface area contributed by atoms with Crippen LogP contribution < -0.4 is 5.46 Å². The Kier molecular flexibility index (Phi) is 4.00. The fourth-order valence-electron chi connectivity index (χ4n) is 2.01. The van der Waals surface area contributed by atoms with Gasteiger partial charge in [-0.05, 0) is 33.8 Å². The number of thiocarbonyl (C=S) groups is 1. The smallest absolute Gasteiger partial charge is 0.0966 e. The van der Waals surface area contributed by atoms with Crippen molar-refractivity contribution >= 4 is 51.9 Å². The normalized spacial score (nSPS) is 19.5. The second-order valence-electron chi connectivity index (χ2n) is 4.22.